The highest BCUT2D eigenvalue weighted by atomic mass is 19.0. The summed E-state index contributed by atoms with van der Waals surface area (Å²) in [6.45, 7) is 4.31. The maximum absolute atomic E-state index is 9.15. The Morgan fingerprint density at radius 1 is 0.643 bits per heavy atom. The largest absolute Gasteiger partial charge is 0.396 e. The van der Waals surface area contributed by atoms with Crippen LogP contribution in [0.1, 0.15) is 122 Å². The summed E-state index contributed by atoms with van der Waals surface area (Å²) < 4.78 is 0. The number of hydrogen-bond acceptors (Lipinski definition) is 3. The molecule has 0 bridgehead atoms. The summed E-state index contributed by atoms with van der Waals surface area (Å²) in [5, 5.41) is 12.7. The van der Waals surface area contributed by atoms with Gasteiger partial charge in [-0.15, -0.1) is 0 Å². The van der Waals surface area contributed by atoms with Gasteiger partial charge >= 0.3 is 0 Å². The molecule has 1 atom stereocenters. The molecule has 0 saturated carbocycles. The van der Waals surface area contributed by atoms with Crippen molar-refractivity contribution in [2.45, 2.75) is 129 Å². The first-order chi connectivity index (χ1) is 12.8. The number of hydrogen-bond donors (Lipinski definition) is 3. The molecule has 0 aliphatic rings. The van der Waals surface area contributed by atoms with Gasteiger partial charge in [0.1, 0.15) is 0 Å². The lowest BCUT2D eigenvalue weighted by atomic mass is 10.0. The summed E-state index contributed by atoms with van der Waals surface area (Å²) in [6, 6.07) is 0.480. The molecule has 0 rings (SSSR count). The van der Waals surface area contributed by atoms with Crippen molar-refractivity contribution in [1.82, 2.24) is 5.32 Å². The first-order valence-corrected chi connectivity index (χ1v) is 11.9. The number of aliphatic hydroxyl groups excluding tert-OH is 1. The van der Waals surface area contributed by atoms with Crippen LogP contribution in [0.3, 0.4) is 0 Å². The lowest BCUT2D eigenvalue weighted by Crippen LogP contribution is -2.31. The van der Waals surface area contributed by atoms with Crippen LogP contribution in [-0.4, -0.2) is 30.8 Å². The molecule has 0 aromatic carbocycles. The molecule has 0 aromatic heterocycles. The Balaban J connectivity index is -0.00000312. The van der Waals surface area contributed by atoms with Crippen LogP contribution in [0.25, 0.3) is 0 Å². The van der Waals surface area contributed by atoms with Crippen LogP contribution in [-0.2, 0) is 0 Å². The Hall–Kier alpha value is -0.260. The van der Waals surface area contributed by atoms with Crippen molar-refractivity contribution >= 4 is 0 Å². The maximum Gasteiger partial charge on any atom is 0.0445 e. The molecule has 0 fully saturated rings. The van der Waals surface area contributed by atoms with Crippen LogP contribution < -0.4 is 11.1 Å². The van der Waals surface area contributed by atoms with Crippen molar-refractivity contribution in [2.75, 3.05) is 19.7 Å². The molecule has 1 unspecified atom stereocenters. The Bertz CT molecular complexity index is 259. The topological polar surface area (TPSA) is 58.3 Å². The normalized spacial score (nSPS) is 11.7. The number of unbranched alkanes of at least 4 members (excludes halogenated alkanes) is 14. The van der Waals surface area contributed by atoms with E-state index in [1.165, 1.54) is 103 Å². The van der Waals surface area contributed by atoms with E-state index in [0.717, 1.165) is 25.9 Å². The molecule has 0 saturated heterocycles. The molecule has 0 aliphatic carbocycles. The number of aliphatic hydroxyl groups is 1. The van der Waals surface area contributed by atoms with Crippen LogP contribution in [0.2, 0.25) is 0 Å². The quantitative estimate of drug-likeness (QED) is 0.185. The highest BCUT2D eigenvalue weighted by molar-refractivity contribution is 4.66. The standard InChI is InChI=1S/C23H50N2O.2FH/c1-2-3-4-5-6-7-8-9-10-11-12-13-14-15-16-18-23(19-22-26)25-21-17-20-24;;/h23,25-26H,2-22,24H2,1H3;2*1H. The van der Waals surface area contributed by atoms with Crippen molar-refractivity contribution in [1.29, 1.82) is 0 Å². The summed E-state index contributed by atoms with van der Waals surface area (Å²) in [4.78, 5) is 0. The zero-order valence-electron chi connectivity index (χ0n) is 18.8. The highest BCUT2D eigenvalue weighted by Crippen LogP contribution is 2.14. The van der Waals surface area contributed by atoms with E-state index in [0.29, 0.717) is 12.6 Å². The summed E-state index contributed by atoms with van der Waals surface area (Å²) in [6.07, 6.45) is 24.3. The maximum atomic E-state index is 9.15. The molecular formula is C23H52F2N2O. The van der Waals surface area contributed by atoms with Gasteiger partial charge in [0.2, 0.25) is 0 Å². The van der Waals surface area contributed by atoms with Gasteiger partial charge in [0.25, 0.3) is 0 Å². The average Bonchev–Trinajstić information content (AvgIpc) is 2.65. The van der Waals surface area contributed by atoms with E-state index in [2.05, 4.69) is 12.2 Å². The Morgan fingerprint density at radius 3 is 1.46 bits per heavy atom. The van der Waals surface area contributed by atoms with Crippen LogP contribution >= 0.6 is 0 Å². The fourth-order valence-corrected chi connectivity index (χ4v) is 3.67. The molecule has 3 nitrogen and oxygen atoms in total. The van der Waals surface area contributed by atoms with Gasteiger partial charge in [-0.05, 0) is 32.4 Å². The Labute approximate surface area is 174 Å². The fraction of sp³-hybridized carbons (Fsp3) is 1.00. The molecule has 4 N–H and O–H groups in total. The van der Waals surface area contributed by atoms with Gasteiger partial charge in [0.05, 0.1) is 0 Å². The predicted molar refractivity (Wildman–Crippen MR) is 122 cm³/mol. The molecule has 28 heavy (non-hydrogen) atoms. The van der Waals surface area contributed by atoms with Gasteiger partial charge in [-0.2, -0.15) is 0 Å². The van der Waals surface area contributed by atoms with Gasteiger partial charge in [0, 0.05) is 12.6 Å². The molecular weight excluding hydrogens is 358 g/mol. The second-order valence-corrected chi connectivity index (χ2v) is 8.04. The van der Waals surface area contributed by atoms with E-state index >= 15 is 0 Å². The third-order valence-corrected chi connectivity index (χ3v) is 5.45. The number of halogens is 2. The molecule has 0 heterocycles. The number of rotatable bonds is 22. The van der Waals surface area contributed by atoms with Crippen LogP contribution in [0.5, 0.6) is 0 Å². The minimum absolute atomic E-state index is 0. The molecule has 0 amide bonds. The van der Waals surface area contributed by atoms with Crippen molar-refractivity contribution in [3.8, 4) is 0 Å². The van der Waals surface area contributed by atoms with Gasteiger partial charge in [0.15, 0.2) is 0 Å². The van der Waals surface area contributed by atoms with Crippen LogP contribution in [0.4, 0.5) is 9.41 Å². The van der Waals surface area contributed by atoms with Gasteiger partial charge in [-0.3, -0.25) is 9.41 Å². The summed E-state index contributed by atoms with van der Waals surface area (Å²) in [5.41, 5.74) is 5.54. The zero-order valence-corrected chi connectivity index (χ0v) is 18.8. The lowest BCUT2D eigenvalue weighted by molar-refractivity contribution is 0.258. The van der Waals surface area contributed by atoms with E-state index in [4.69, 9.17) is 10.8 Å². The van der Waals surface area contributed by atoms with E-state index in [9.17, 15) is 0 Å². The van der Waals surface area contributed by atoms with Crippen LogP contribution in [0.15, 0.2) is 0 Å². The molecule has 0 radical (unpaired) electrons. The molecule has 0 aromatic rings. The smallest absolute Gasteiger partial charge is 0.0445 e. The summed E-state index contributed by atoms with van der Waals surface area (Å²) in [7, 11) is 0. The monoisotopic (exact) mass is 410 g/mol. The van der Waals surface area contributed by atoms with Crippen LogP contribution in [0, 0.1) is 0 Å². The van der Waals surface area contributed by atoms with Gasteiger partial charge in [-0.25, -0.2) is 0 Å². The van der Waals surface area contributed by atoms with Crippen molar-refractivity contribution in [3.05, 3.63) is 0 Å². The summed E-state index contributed by atoms with van der Waals surface area (Å²) in [5.74, 6) is 0. The third kappa shape index (κ3) is 25.7. The van der Waals surface area contributed by atoms with E-state index in [-0.39, 0.29) is 9.41 Å². The molecule has 0 aliphatic heterocycles. The van der Waals surface area contributed by atoms with Gasteiger partial charge in [-0.1, -0.05) is 103 Å². The van der Waals surface area contributed by atoms with Crippen molar-refractivity contribution in [2.24, 2.45) is 5.73 Å². The fourth-order valence-electron chi connectivity index (χ4n) is 3.67. The third-order valence-electron chi connectivity index (χ3n) is 5.45. The highest BCUT2D eigenvalue weighted by Gasteiger charge is 2.06. The number of nitrogens with two attached hydrogens (primary N) is 1. The molecule has 174 valence electrons. The number of nitrogens with one attached hydrogen (secondary N) is 1. The summed E-state index contributed by atoms with van der Waals surface area (Å²) >= 11 is 0. The Morgan fingerprint density at radius 2 is 1.07 bits per heavy atom. The van der Waals surface area contributed by atoms with Crippen molar-refractivity contribution in [3.63, 3.8) is 0 Å². The van der Waals surface area contributed by atoms with E-state index < -0.39 is 0 Å². The average molecular weight is 411 g/mol. The van der Waals surface area contributed by atoms with E-state index in [1.807, 2.05) is 0 Å². The second kappa shape index (κ2) is 28.9. The first-order valence-electron chi connectivity index (χ1n) is 11.9. The van der Waals surface area contributed by atoms with E-state index in [1.54, 1.807) is 0 Å². The Kier molecular flexibility index (Phi) is 33.5. The zero-order chi connectivity index (χ0) is 19.1. The van der Waals surface area contributed by atoms with Crippen molar-refractivity contribution < 1.29 is 14.5 Å². The first kappa shape index (κ1) is 32.4. The van der Waals surface area contributed by atoms with Gasteiger partial charge < -0.3 is 16.2 Å². The SMILES string of the molecule is CCCCCCCCCCCCCCCCCC(CCO)NCCCN.F.F. The minimum atomic E-state index is 0. The molecule has 0 spiro atoms. The predicted octanol–water partition coefficient (Wildman–Crippen LogP) is 6.24. The minimum Gasteiger partial charge on any atom is -0.396 e. The second-order valence-electron chi connectivity index (χ2n) is 8.04. The lowest BCUT2D eigenvalue weighted by Gasteiger charge is -2.17. The molecule has 5 heteroatoms.